The molecule has 1 N–H and O–H groups in total. The van der Waals surface area contributed by atoms with Gasteiger partial charge in [-0.05, 0) is 49.9 Å². The zero-order valence-electron chi connectivity index (χ0n) is 16.3. The molecule has 2 amide bonds. The van der Waals surface area contributed by atoms with E-state index < -0.39 is 5.54 Å². The van der Waals surface area contributed by atoms with Crippen molar-refractivity contribution in [3.05, 3.63) is 59.4 Å². The second-order valence-corrected chi connectivity index (χ2v) is 7.42. The van der Waals surface area contributed by atoms with Crippen LogP contribution in [0, 0.1) is 13.8 Å². The number of pyridine rings is 1. The van der Waals surface area contributed by atoms with Gasteiger partial charge in [-0.3, -0.25) is 14.6 Å². The highest BCUT2D eigenvalue weighted by atomic mass is 16.2. The Bertz CT molecular complexity index is 806. The van der Waals surface area contributed by atoms with E-state index in [0.29, 0.717) is 18.4 Å². The third-order valence-corrected chi connectivity index (χ3v) is 5.68. The van der Waals surface area contributed by atoms with E-state index >= 15 is 0 Å². The van der Waals surface area contributed by atoms with Gasteiger partial charge >= 0.3 is 0 Å². The first-order valence-electron chi connectivity index (χ1n) is 9.51. The highest BCUT2D eigenvalue weighted by Gasteiger charge is 2.45. The summed E-state index contributed by atoms with van der Waals surface area (Å²) in [5.41, 5.74) is 2.56. The fourth-order valence-electron chi connectivity index (χ4n) is 3.97. The summed E-state index contributed by atoms with van der Waals surface area (Å²) >= 11 is 0. The van der Waals surface area contributed by atoms with Crippen LogP contribution in [-0.2, 0) is 4.79 Å². The minimum atomic E-state index is -0.833. The number of carbonyl (C=O) groups excluding carboxylic acids is 2. The van der Waals surface area contributed by atoms with Gasteiger partial charge < -0.3 is 10.2 Å². The summed E-state index contributed by atoms with van der Waals surface area (Å²) in [5, 5.41) is 3.13. The number of amides is 2. The van der Waals surface area contributed by atoms with Crippen LogP contribution < -0.4 is 5.32 Å². The van der Waals surface area contributed by atoms with E-state index in [1.54, 1.807) is 36.5 Å². The molecule has 5 heteroatoms. The Morgan fingerprint density at radius 2 is 1.70 bits per heavy atom. The molecule has 0 unspecified atom stereocenters. The number of rotatable bonds is 4. The first kappa shape index (κ1) is 19.1. The number of anilines is 1. The van der Waals surface area contributed by atoms with Crippen molar-refractivity contribution in [3.8, 4) is 0 Å². The van der Waals surface area contributed by atoms with Gasteiger partial charge in [0.15, 0.2) is 0 Å². The quantitative estimate of drug-likeness (QED) is 0.887. The molecule has 1 aliphatic rings. The highest BCUT2D eigenvalue weighted by Crippen LogP contribution is 2.35. The van der Waals surface area contributed by atoms with Crippen molar-refractivity contribution in [2.45, 2.75) is 51.5 Å². The van der Waals surface area contributed by atoms with Crippen LogP contribution in [0.3, 0.4) is 0 Å². The van der Waals surface area contributed by atoms with Gasteiger partial charge in [0.2, 0.25) is 5.91 Å². The monoisotopic (exact) mass is 365 g/mol. The molecule has 0 spiro atoms. The average Bonchev–Trinajstić information content (AvgIpc) is 2.70. The number of nitrogens with one attached hydrogen (secondary N) is 1. The maximum absolute atomic E-state index is 13.5. The third kappa shape index (κ3) is 3.72. The number of para-hydroxylation sites is 1. The largest absolute Gasteiger partial charge is 0.327 e. The van der Waals surface area contributed by atoms with E-state index in [9.17, 15) is 9.59 Å². The summed E-state index contributed by atoms with van der Waals surface area (Å²) in [6, 6.07) is 9.44. The lowest BCUT2D eigenvalue weighted by Gasteiger charge is -2.43. The average molecular weight is 365 g/mol. The SMILES string of the molecule is Cc1cccc(C)c1NC(=O)C1(N(C)C(=O)c2cccnc2)CCCCC1. The number of aromatic nitrogens is 1. The van der Waals surface area contributed by atoms with Crippen molar-refractivity contribution in [3.63, 3.8) is 0 Å². The van der Waals surface area contributed by atoms with Crippen LogP contribution in [-0.4, -0.2) is 34.3 Å². The summed E-state index contributed by atoms with van der Waals surface area (Å²) in [7, 11) is 1.74. The van der Waals surface area contributed by atoms with Gasteiger partial charge in [0.05, 0.1) is 5.56 Å². The third-order valence-electron chi connectivity index (χ3n) is 5.68. The summed E-state index contributed by atoms with van der Waals surface area (Å²) in [6.07, 6.45) is 7.50. The van der Waals surface area contributed by atoms with Crippen LogP contribution in [0.1, 0.15) is 53.6 Å². The van der Waals surface area contributed by atoms with Crippen molar-refractivity contribution < 1.29 is 9.59 Å². The number of nitrogens with zero attached hydrogens (tertiary/aromatic N) is 2. The molecule has 0 atom stereocenters. The zero-order valence-corrected chi connectivity index (χ0v) is 16.3. The predicted molar refractivity (Wildman–Crippen MR) is 107 cm³/mol. The summed E-state index contributed by atoms with van der Waals surface area (Å²) in [5.74, 6) is -0.263. The van der Waals surface area contributed by atoms with Gasteiger partial charge in [0.1, 0.15) is 5.54 Å². The second kappa shape index (κ2) is 7.91. The summed E-state index contributed by atoms with van der Waals surface area (Å²) in [6.45, 7) is 3.97. The van der Waals surface area contributed by atoms with Crippen LogP contribution >= 0.6 is 0 Å². The van der Waals surface area contributed by atoms with Gasteiger partial charge in [0, 0.05) is 25.1 Å². The zero-order chi connectivity index (χ0) is 19.4. The highest BCUT2D eigenvalue weighted by molar-refractivity contribution is 6.04. The Hall–Kier alpha value is -2.69. The van der Waals surface area contributed by atoms with Crippen LogP contribution in [0.4, 0.5) is 5.69 Å². The molecule has 0 saturated heterocycles. The molecule has 0 radical (unpaired) electrons. The Morgan fingerprint density at radius 1 is 1.04 bits per heavy atom. The molecule has 3 rings (SSSR count). The Morgan fingerprint density at radius 3 is 2.30 bits per heavy atom. The molecule has 142 valence electrons. The molecule has 2 aromatic rings. The maximum Gasteiger partial charge on any atom is 0.256 e. The molecule has 1 aromatic carbocycles. The van der Waals surface area contributed by atoms with E-state index in [4.69, 9.17) is 0 Å². The standard InChI is InChI=1S/C22H27N3O2/c1-16-9-7-10-17(2)19(16)24-21(27)22(12-5-4-6-13-22)25(3)20(26)18-11-8-14-23-15-18/h7-11,14-15H,4-6,12-13H2,1-3H3,(H,24,27). The number of hydrogen-bond acceptors (Lipinski definition) is 3. The van der Waals surface area contributed by atoms with E-state index in [1.807, 2.05) is 32.0 Å². The second-order valence-electron chi connectivity index (χ2n) is 7.42. The van der Waals surface area contributed by atoms with Crippen molar-refractivity contribution in [2.75, 3.05) is 12.4 Å². The number of hydrogen-bond donors (Lipinski definition) is 1. The molecule has 1 aromatic heterocycles. The number of likely N-dealkylation sites (N-methyl/N-ethyl adjacent to an activating group) is 1. The first-order chi connectivity index (χ1) is 13.0. The Labute approximate surface area is 160 Å². The lowest BCUT2D eigenvalue weighted by Crippen LogP contribution is -2.58. The molecule has 1 saturated carbocycles. The van der Waals surface area contributed by atoms with Crippen LogP contribution in [0.25, 0.3) is 0 Å². The van der Waals surface area contributed by atoms with Gasteiger partial charge in [-0.2, -0.15) is 0 Å². The molecule has 27 heavy (non-hydrogen) atoms. The van der Waals surface area contributed by atoms with E-state index in [1.165, 1.54) is 0 Å². The number of carbonyl (C=O) groups is 2. The smallest absolute Gasteiger partial charge is 0.256 e. The number of aryl methyl sites for hydroxylation is 2. The lowest BCUT2D eigenvalue weighted by molar-refractivity contribution is -0.128. The normalized spacial score (nSPS) is 15.8. The predicted octanol–water partition coefficient (Wildman–Crippen LogP) is 4.11. The topological polar surface area (TPSA) is 62.3 Å². The van der Waals surface area contributed by atoms with Crippen molar-refractivity contribution in [2.24, 2.45) is 0 Å². The van der Waals surface area contributed by atoms with Gasteiger partial charge in [-0.25, -0.2) is 0 Å². The van der Waals surface area contributed by atoms with Crippen molar-refractivity contribution in [1.29, 1.82) is 0 Å². The minimum Gasteiger partial charge on any atom is -0.327 e. The van der Waals surface area contributed by atoms with Gasteiger partial charge in [-0.15, -0.1) is 0 Å². The maximum atomic E-state index is 13.5. The molecule has 1 aliphatic carbocycles. The Balaban J connectivity index is 1.92. The van der Waals surface area contributed by atoms with Gasteiger partial charge in [-0.1, -0.05) is 37.5 Å². The summed E-state index contributed by atoms with van der Waals surface area (Å²) in [4.78, 5) is 32.2. The summed E-state index contributed by atoms with van der Waals surface area (Å²) < 4.78 is 0. The van der Waals surface area contributed by atoms with Gasteiger partial charge in [0.25, 0.3) is 5.91 Å². The molecule has 5 nitrogen and oxygen atoms in total. The van der Waals surface area contributed by atoms with E-state index in [2.05, 4.69) is 10.3 Å². The number of benzene rings is 1. The first-order valence-corrected chi connectivity index (χ1v) is 9.51. The fourth-order valence-corrected chi connectivity index (χ4v) is 3.97. The molecule has 0 aliphatic heterocycles. The Kier molecular flexibility index (Phi) is 5.59. The van der Waals surface area contributed by atoms with Crippen LogP contribution in [0.15, 0.2) is 42.7 Å². The molecule has 0 bridgehead atoms. The van der Waals surface area contributed by atoms with Crippen molar-refractivity contribution in [1.82, 2.24) is 9.88 Å². The molecule has 1 heterocycles. The molecular formula is C22H27N3O2. The van der Waals surface area contributed by atoms with Crippen LogP contribution in [0.2, 0.25) is 0 Å². The molecule has 1 fully saturated rings. The fraction of sp³-hybridized carbons (Fsp3) is 0.409. The minimum absolute atomic E-state index is 0.0978. The van der Waals surface area contributed by atoms with E-state index in [0.717, 1.165) is 36.1 Å². The van der Waals surface area contributed by atoms with Crippen LogP contribution in [0.5, 0.6) is 0 Å². The lowest BCUT2D eigenvalue weighted by atomic mass is 9.79. The van der Waals surface area contributed by atoms with E-state index in [-0.39, 0.29) is 11.8 Å². The molecular weight excluding hydrogens is 338 g/mol. The van der Waals surface area contributed by atoms with Crippen molar-refractivity contribution >= 4 is 17.5 Å².